The van der Waals surface area contributed by atoms with Crippen molar-refractivity contribution in [1.82, 2.24) is 0 Å². The highest BCUT2D eigenvalue weighted by Gasteiger charge is 2.37. The van der Waals surface area contributed by atoms with Gasteiger partial charge in [-0.3, -0.25) is 0 Å². The minimum absolute atomic E-state index is 0.182. The standard InChI is InChI=1S/C40H82O3/c1-6-9-12-15-18-21-24-27-30-33-36-41-40(39(4)5,42-37-34-31-28-25-22-19-16-13-10-7-2)43-38-35-32-29-26-23-20-17-14-11-8-3/h39H,6-38H2,1-5H3. The third-order valence-corrected chi connectivity index (χ3v) is 9.11. The van der Waals surface area contributed by atoms with E-state index in [2.05, 4.69) is 34.6 Å². The van der Waals surface area contributed by atoms with E-state index in [1.807, 2.05) is 0 Å². The van der Waals surface area contributed by atoms with E-state index in [0.717, 1.165) is 39.1 Å². The first-order valence-corrected chi connectivity index (χ1v) is 20.0. The van der Waals surface area contributed by atoms with Crippen LogP contribution >= 0.6 is 0 Å². The maximum Gasteiger partial charge on any atom is 0.285 e. The molecule has 0 spiro atoms. The van der Waals surface area contributed by atoms with Gasteiger partial charge in [0.15, 0.2) is 0 Å². The lowest BCUT2D eigenvalue weighted by atomic mass is 10.1. The van der Waals surface area contributed by atoms with E-state index in [9.17, 15) is 0 Å². The molecule has 3 nitrogen and oxygen atoms in total. The van der Waals surface area contributed by atoms with E-state index in [-0.39, 0.29) is 5.92 Å². The zero-order valence-electron chi connectivity index (χ0n) is 30.6. The maximum absolute atomic E-state index is 6.50. The Hall–Kier alpha value is -0.120. The zero-order chi connectivity index (χ0) is 31.5. The lowest BCUT2D eigenvalue weighted by molar-refractivity contribution is -0.401. The van der Waals surface area contributed by atoms with Crippen LogP contribution < -0.4 is 0 Å². The molecule has 0 aliphatic heterocycles. The van der Waals surface area contributed by atoms with Crippen molar-refractivity contribution in [2.75, 3.05) is 19.8 Å². The first-order chi connectivity index (χ1) is 21.1. The molecule has 0 bridgehead atoms. The van der Waals surface area contributed by atoms with Crippen molar-refractivity contribution in [2.24, 2.45) is 5.92 Å². The van der Waals surface area contributed by atoms with Crippen molar-refractivity contribution < 1.29 is 14.2 Å². The summed E-state index contributed by atoms with van der Waals surface area (Å²) < 4.78 is 19.5. The Bertz CT molecular complexity index is 441. The smallest absolute Gasteiger partial charge is 0.285 e. The molecule has 0 unspecified atom stereocenters. The van der Waals surface area contributed by atoms with E-state index in [1.54, 1.807) is 0 Å². The molecule has 0 atom stereocenters. The average molecular weight is 611 g/mol. The molecule has 0 radical (unpaired) electrons. The van der Waals surface area contributed by atoms with Gasteiger partial charge in [-0.25, -0.2) is 0 Å². The summed E-state index contributed by atoms with van der Waals surface area (Å²) >= 11 is 0. The summed E-state index contributed by atoms with van der Waals surface area (Å²) in [7, 11) is 0. The third-order valence-electron chi connectivity index (χ3n) is 9.11. The molecule has 0 aromatic heterocycles. The van der Waals surface area contributed by atoms with Crippen LogP contribution in [0.25, 0.3) is 0 Å². The zero-order valence-corrected chi connectivity index (χ0v) is 30.6. The minimum Gasteiger partial charge on any atom is -0.327 e. The number of hydrogen-bond acceptors (Lipinski definition) is 3. The molecule has 0 aromatic rings. The van der Waals surface area contributed by atoms with E-state index in [1.165, 1.54) is 173 Å². The molecule has 0 fully saturated rings. The Morgan fingerprint density at radius 1 is 0.302 bits per heavy atom. The van der Waals surface area contributed by atoms with Gasteiger partial charge in [0.1, 0.15) is 0 Å². The highest BCUT2D eigenvalue weighted by molar-refractivity contribution is 4.65. The van der Waals surface area contributed by atoms with E-state index < -0.39 is 5.97 Å². The van der Waals surface area contributed by atoms with Gasteiger partial charge in [-0.15, -0.1) is 0 Å². The van der Waals surface area contributed by atoms with Crippen molar-refractivity contribution >= 4 is 0 Å². The molecule has 0 saturated carbocycles. The van der Waals surface area contributed by atoms with Crippen molar-refractivity contribution in [3.8, 4) is 0 Å². The normalized spacial score (nSPS) is 12.1. The Morgan fingerprint density at radius 3 is 0.674 bits per heavy atom. The molecule has 260 valence electrons. The van der Waals surface area contributed by atoms with Gasteiger partial charge in [-0.05, 0) is 19.3 Å². The number of unbranched alkanes of at least 4 members (excludes halogenated alkanes) is 27. The highest BCUT2D eigenvalue weighted by atomic mass is 16.9. The molecule has 0 saturated heterocycles. The SMILES string of the molecule is CCCCCCCCCCCCOC(OCCCCCCCCCCCC)(OCCCCCCCCCCCC)C(C)C. The van der Waals surface area contributed by atoms with Crippen molar-refractivity contribution in [3.63, 3.8) is 0 Å². The molecule has 0 amide bonds. The molecular weight excluding hydrogens is 528 g/mol. The second-order valence-corrected chi connectivity index (χ2v) is 13.8. The Morgan fingerprint density at radius 2 is 0.488 bits per heavy atom. The molecule has 43 heavy (non-hydrogen) atoms. The Balaban J connectivity index is 4.37. The average Bonchev–Trinajstić information content (AvgIpc) is 3.00. The van der Waals surface area contributed by atoms with Crippen LogP contribution in [0.4, 0.5) is 0 Å². The first-order valence-electron chi connectivity index (χ1n) is 20.0. The van der Waals surface area contributed by atoms with Gasteiger partial charge < -0.3 is 14.2 Å². The second-order valence-electron chi connectivity index (χ2n) is 13.8. The second kappa shape index (κ2) is 34.7. The largest absolute Gasteiger partial charge is 0.327 e. The van der Waals surface area contributed by atoms with Crippen LogP contribution in [0.2, 0.25) is 0 Å². The third kappa shape index (κ3) is 29.1. The van der Waals surface area contributed by atoms with Crippen LogP contribution in [-0.4, -0.2) is 25.8 Å². The van der Waals surface area contributed by atoms with Crippen molar-refractivity contribution in [3.05, 3.63) is 0 Å². The topological polar surface area (TPSA) is 27.7 Å². The predicted molar refractivity (Wildman–Crippen MR) is 191 cm³/mol. The minimum atomic E-state index is -0.877. The number of rotatable bonds is 37. The van der Waals surface area contributed by atoms with Crippen LogP contribution in [0, 0.1) is 5.92 Å². The molecule has 0 aliphatic rings. The molecule has 0 heterocycles. The molecule has 0 N–H and O–H groups in total. The summed E-state index contributed by atoms with van der Waals surface area (Å²) in [6.45, 7) is 13.5. The highest BCUT2D eigenvalue weighted by Crippen LogP contribution is 2.28. The van der Waals surface area contributed by atoms with E-state index in [4.69, 9.17) is 14.2 Å². The van der Waals surface area contributed by atoms with Crippen LogP contribution in [-0.2, 0) is 14.2 Å². The van der Waals surface area contributed by atoms with Gasteiger partial charge in [0.05, 0.1) is 19.8 Å². The molecule has 0 aliphatic carbocycles. The quantitative estimate of drug-likeness (QED) is 0.0517. The molecular formula is C40H82O3. The van der Waals surface area contributed by atoms with Gasteiger partial charge in [-0.1, -0.05) is 208 Å². The van der Waals surface area contributed by atoms with Gasteiger partial charge in [0.2, 0.25) is 0 Å². The number of ether oxygens (including phenoxy) is 3. The van der Waals surface area contributed by atoms with Gasteiger partial charge in [-0.2, -0.15) is 0 Å². The van der Waals surface area contributed by atoms with Gasteiger partial charge >= 0.3 is 0 Å². The predicted octanol–water partition coefficient (Wildman–Crippen LogP) is 14.1. The van der Waals surface area contributed by atoms with E-state index >= 15 is 0 Å². The summed E-state index contributed by atoms with van der Waals surface area (Å²) in [6, 6.07) is 0. The summed E-state index contributed by atoms with van der Waals surface area (Å²) in [5.74, 6) is -0.695. The maximum atomic E-state index is 6.50. The fourth-order valence-electron chi connectivity index (χ4n) is 6.04. The van der Waals surface area contributed by atoms with Crippen molar-refractivity contribution in [1.29, 1.82) is 0 Å². The van der Waals surface area contributed by atoms with Gasteiger partial charge in [0, 0.05) is 5.92 Å². The van der Waals surface area contributed by atoms with Crippen LogP contribution in [0.15, 0.2) is 0 Å². The monoisotopic (exact) mass is 611 g/mol. The summed E-state index contributed by atoms with van der Waals surface area (Å²) in [5.41, 5.74) is 0. The summed E-state index contributed by atoms with van der Waals surface area (Å²) in [4.78, 5) is 0. The lowest BCUT2D eigenvalue weighted by Crippen LogP contribution is -2.45. The summed E-state index contributed by atoms with van der Waals surface area (Å²) in [6.07, 6.45) is 40.3. The van der Waals surface area contributed by atoms with Crippen LogP contribution in [0.3, 0.4) is 0 Å². The van der Waals surface area contributed by atoms with Crippen LogP contribution in [0.1, 0.15) is 227 Å². The first kappa shape index (κ1) is 42.9. The van der Waals surface area contributed by atoms with E-state index in [0.29, 0.717) is 0 Å². The van der Waals surface area contributed by atoms with Crippen molar-refractivity contribution in [2.45, 2.75) is 233 Å². The Kier molecular flexibility index (Phi) is 34.7. The fourth-order valence-corrected chi connectivity index (χ4v) is 6.04. The summed E-state index contributed by atoms with van der Waals surface area (Å²) in [5, 5.41) is 0. The fraction of sp³-hybridized carbons (Fsp3) is 1.00. The Labute approximate surface area is 272 Å². The molecule has 3 heteroatoms. The molecule has 0 rings (SSSR count). The number of hydrogen-bond donors (Lipinski definition) is 0. The van der Waals surface area contributed by atoms with Gasteiger partial charge in [0.25, 0.3) is 5.97 Å². The lowest BCUT2D eigenvalue weighted by Gasteiger charge is -2.37. The molecule has 0 aromatic carbocycles. The van der Waals surface area contributed by atoms with Crippen LogP contribution in [0.5, 0.6) is 0 Å².